The third-order valence-corrected chi connectivity index (χ3v) is 4.26. The molecule has 0 spiro atoms. The Bertz CT molecular complexity index is 181. The monoisotopic (exact) mass is 232 g/mol. The molecular formula is C14H26F2. The second-order valence-electron chi connectivity index (χ2n) is 6.01. The minimum Gasteiger partial charge on any atom is -0.210 e. The highest BCUT2D eigenvalue weighted by molar-refractivity contribution is 4.85. The van der Waals surface area contributed by atoms with Crippen LogP contribution in [0.5, 0.6) is 0 Å². The van der Waals surface area contributed by atoms with Gasteiger partial charge in [0.05, 0.1) is 0 Å². The summed E-state index contributed by atoms with van der Waals surface area (Å²) in [5.74, 6) is 1.25. The second kappa shape index (κ2) is 5.97. The average molecular weight is 232 g/mol. The summed E-state index contributed by atoms with van der Waals surface area (Å²) in [4.78, 5) is 0. The van der Waals surface area contributed by atoms with Gasteiger partial charge >= 0.3 is 0 Å². The fourth-order valence-electron chi connectivity index (χ4n) is 3.52. The van der Waals surface area contributed by atoms with Crippen molar-refractivity contribution in [3.05, 3.63) is 0 Å². The first-order chi connectivity index (χ1) is 7.45. The molecule has 0 radical (unpaired) electrons. The van der Waals surface area contributed by atoms with E-state index in [1.54, 1.807) is 0 Å². The maximum absolute atomic E-state index is 13.1. The lowest BCUT2D eigenvalue weighted by Gasteiger charge is -2.36. The van der Waals surface area contributed by atoms with Crippen molar-refractivity contribution in [1.82, 2.24) is 0 Å². The normalized spacial score (nSPS) is 32.4. The van der Waals surface area contributed by atoms with Crippen LogP contribution in [0.4, 0.5) is 8.78 Å². The maximum Gasteiger partial charge on any atom is 0.241 e. The Morgan fingerprint density at radius 1 is 0.812 bits per heavy atom. The number of alkyl halides is 2. The summed E-state index contributed by atoms with van der Waals surface area (Å²) in [5.41, 5.74) is 0. The zero-order chi connectivity index (χ0) is 12.3. The molecule has 0 aromatic carbocycles. The molecule has 2 heteroatoms. The van der Waals surface area contributed by atoms with E-state index in [4.69, 9.17) is 0 Å². The van der Waals surface area contributed by atoms with E-state index in [2.05, 4.69) is 27.7 Å². The molecule has 1 aliphatic rings. The lowest BCUT2D eigenvalue weighted by Crippen LogP contribution is -2.33. The SMILES string of the molecule is CC(C)C1CCCCC(C(F)F)C1C(C)C. The first-order valence-electron chi connectivity index (χ1n) is 6.73. The topological polar surface area (TPSA) is 0 Å². The van der Waals surface area contributed by atoms with Crippen LogP contribution in [0.2, 0.25) is 0 Å². The quantitative estimate of drug-likeness (QED) is 0.602. The summed E-state index contributed by atoms with van der Waals surface area (Å²) in [6.45, 7) is 8.60. The highest BCUT2D eigenvalue weighted by Gasteiger charge is 2.39. The molecule has 1 aliphatic carbocycles. The van der Waals surface area contributed by atoms with Crippen LogP contribution in [0.1, 0.15) is 53.4 Å². The molecule has 3 atom stereocenters. The smallest absolute Gasteiger partial charge is 0.210 e. The Balaban J connectivity index is 2.89. The molecule has 0 amide bonds. The molecule has 0 aliphatic heterocycles. The largest absolute Gasteiger partial charge is 0.241 e. The molecular weight excluding hydrogens is 206 g/mol. The molecule has 0 N–H and O–H groups in total. The van der Waals surface area contributed by atoms with Crippen LogP contribution in [-0.4, -0.2) is 6.43 Å². The van der Waals surface area contributed by atoms with Gasteiger partial charge in [-0.1, -0.05) is 40.5 Å². The predicted octanol–water partition coefficient (Wildman–Crippen LogP) is 4.99. The van der Waals surface area contributed by atoms with Gasteiger partial charge in [-0.3, -0.25) is 0 Å². The Morgan fingerprint density at radius 2 is 1.31 bits per heavy atom. The first-order valence-corrected chi connectivity index (χ1v) is 6.73. The van der Waals surface area contributed by atoms with Crippen molar-refractivity contribution >= 4 is 0 Å². The van der Waals surface area contributed by atoms with E-state index in [0.29, 0.717) is 17.8 Å². The Morgan fingerprint density at radius 3 is 1.69 bits per heavy atom. The number of hydrogen-bond acceptors (Lipinski definition) is 0. The highest BCUT2D eigenvalue weighted by Crippen LogP contribution is 2.43. The van der Waals surface area contributed by atoms with Crippen LogP contribution in [0.25, 0.3) is 0 Å². The van der Waals surface area contributed by atoms with Crippen LogP contribution >= 0.6 is 0 Å². The van der Waals surface area contributed by atoms with Crippen molar-refractivity contribution < 1.29 is 8.78 Å². The van der Waals surface area contributed by atoms with Gasteiger partial charge in [-0.2, -0.15) is 0 Å². The predicted molar refractivity (Wildman–Crippen MR) is 64.6 cm³/mol. The molecule has 0 bridgehead atoms. The fourth-order valence-corrected chi connectivity index (χ4v) is 3.52. The first kappa shape index (κ1) is 13.9. The fraction of sp³-hybridized carbons (Fsp3) is 1.00. The van der Waals surface area contributed by atoms with E-state index < -0.39 is 6.43 Å². The van der Waals surface area contributed by atoms with Crippen molar-refractivity contribution in [2.45, 2.75) is 59.8 Å². The van der Waals surface area contributed by atoms with Gasteiger partial charge in [-0.05, 0) is 36.5 Å². The molecule has 0 aromatic rings. The molecule has 3 unspecified atom stereocenters. The summed E-state index contributed by atoms with van der Waals surface area (Å²) in [5, 5.41) is 0. The second-order valence-corrected chi connectivity index (χ2v) is 6.01. The van der Waals surface area contributed by atoms with Crippen LogP contribution < -0.4 is 0 Å². The third kappa shape index (κ3) is 3.18. The standard InChI is InChI=1S/C14H26F2/c1-9(2)11-7-5-6-8-12(14(15)16)13(11)10(3)4/h9-14H,5-8H2,1-4H3. The van der Waals surface area contributed by atoms with Gasteiger partial charge in [0.25, 0.3) is 0 Å². The van der Waals surface area contributed by atoms with Crippen molar-refractivity contribution in [3.8, 4) is 0 Å². The molecule has 96 valence electrons. The lowest BCUT2D eigenvalue weighted by molar-refractivity contribution is -0.00191. The zero-order valence-corrected chi connectivity index (χ0v) is 11.0. The maximum atomic E-state index is 13.1. The van der Waals surface area contributed by atoms with Crippen LogP contribution in [0, 0.1) is 29.6 Å². The number of rotatable bonds is 3. The highest BCUT2D eigenvalue weighted by atomic mass is 19.3. The van der Waals surface area contributed by atoms with Crippen molar-refractivity contribution in [1.29, 1.82) is 0 Å². The molecule has 0 saturated heterocycles. The van der Waals surface area contributed by atoms with E-state index in [-0.39, 0.29) is 11.8 Å². The van der Waals surface area contributed by atoms with E-state index in [1.807, 2.05) is 0 Å². The molecule has 0 aromatic heterocycles. The van der Waals surface area contributed by atoms with E-state index in [1.165, 1.54) is 0 Å². The molecule has 1 fully saturated rings. The summed E-state index contributed by atoms with van der Waals surface area (Å²) in [7, 11) is 0. The van der Waals surface area contributed by atoms with E-state index >= 15 is 0 Å². The minimum atomic E-state index is -2.13. The molecule has 0 nitrogen and oxygen atoms in total. The lowest BCUT2D eigenvalue weighted by atomic mass is 9.70. The summed E-state index contributed by atoms with van der Waals surface area (Å²) >= 11 is 0. The zero-order valence-electron chi connectivity index (χ0n) is 11.0. The van der Waals surface area contributed by atoms with Crippen molar-refractivity contribution in [2.75, 3.05) is 0 Å². The molecule has 16 heavy (non-hydrogen) atoms. The van der Waals surface area contributed by atoms with Crippen LogP contribution in [0.3, 0.4) is 0 Å². The Kier molecular flexibility index (Phi) is 5.20. The Labute approximate surface area is 98.8 Å². The van der Waals surface area contributed by atoms with Gasteiger partial charge < -0.3 is 0 Å². The number of halogens is 2. The van der Waals surface area contributed by atoms with Gasteiger partial charge in [0.15, 0.2) is 0 Å². The molecule has 0 heterocycles. The van der Waals surface area contributed by atoms with Crippen LogP contribution in [0.15, 0.2) is 0 Å². The van der Waals surface area contributed by atoms with Crippen molar-refractivity contribution in [3.63, 3.8) is 0 Å². The van der Waals surface area contributed by atoms with Gasteiger partial charge in [0, 0.05) is 5.92 Å². The summed E-state index contributed by atoms with van der Waals surface area (Å²) < 4.78 is 26.3. The molecule has 1 rings (SSSR count). The number of hydrogen-bond donors (Lipinski definition) is 0. The van der Waals surface area contributed by atoms with Gasteiger partial charge in [0.1, 0.15) is 0 Å². The average Bonchev–Trinajstić information content (AvgIpc) is 2.38. The Hall–Kier alpha value is -0.140. The van der Waals surface area contributed by atoms with Crippen LogP contribution in [-0.2, 0) is 0 Å². The molecule has 1 saturated carbocycles. The van der Waals surface area contributed by atoms with E-state index in [0.717, 1.165) is 25.7 Å². The third-order valence-electron chi connectivity index (χ3n) is 4.26. The van der Waals surface area contributed by atoms with Gasteiger partial charge in [-0.25, -0.2) is 8.78 Å². The van der Waals surface area contributed by atoms with E-state index in [9.17, 15) is 8.78 Å². The summed E-state index contributed by atoms with van der Waals surface area (Å²) in [6, 6.07) is 0. The minimum absolute atomic E-state index is 0.211. The van der Waals surface area contributed by atoms with Gasteiger partial charge in [0.2, 0.25) is 6.43 Å². The van der Waals surface area contributed by atoms with Crippen molar-refractivity contribution in [2.24, 2.45) is 29.6 Å². The summed E-state index contributed by atoms with van der Waals surface area (Å²) in [6.07, 6.45) is 1.86. The van der Waals surface area contributed by atoms with Gasteiger partial charge in [-0.15, -0.1) is 0 Å².